The van der Waals surface area contributed by atoms with Gasteiger partial charge >= 0.3 is 0 Å². The maximum atomic E-state index is 13.5. The third kappa shape index (κ3) is 3.32. The van der Waals surface area contributed by atoms with Crippen LogP contribution in [-0.4, -0.2) is 23.2 Å². The quantitative estimate of drug-likeness (QED) is 0.637. The number of halogens is 1. The minimum absolute atomic E-state index is 0.0663. The molecule has 0 aliphatic heterocycles. The Kier molecular flexibility index (Phi) is 4.96. The van der Waals surface area contributed by atoms with Crippen LogP contribution in [0.1, 0.15) is 24.2 Å². The molecule has 0 radical (unpaired) electrons. The van der Waals surface area contributed by atoms with E-state index in [1.807, 2.05) is 6.92 Å². The Morgan fingerprint density at radius 1 is 1.56 bits per heavy atom. The van der Waals surface area contributed by atoms with Gasteiger partial charge in [-0.1, -0.05) is 19.1 Å². The van der Waals surface area contributed by atoms with E-state index in [1.54, 1.807) is 6.07 Å². The molecule has 2 nitrogen and oxygen atoms in total. The lowest BCUT2D eigenvalue weighted by molar-refractivity contribution is 0.101. The van der Waals surface area contributed by atoms with Gasteiger partial charge in [-0.05, 0) is 18.9 Å². The number of aliphatic hydroxyl groups excluding tert-OH is 1. The van der Waals surface area contributed by atoms with Gasteiger partial charge in [0, 0.05) is 17.9 Å². The van der Waals surface area contributed by atoms with Gasteiger partial charge in [-0.2, -0.15) is 0 Å². The van der Waals surface area contributed by atoms with Crippen molar-refractivity contribution in [1.82, 2.24) is 0 Å². The summed E-state index contributed by atoms with van der Waals surface area (Å²) in [4.78, 5) is 11.7. The van der Waals surface area contributed by atoms with Crippen molar-refractivity contribution in [3.8, 4) is 0 Å². The Morgan fingerprint density at radius 3 is 2.81 bits per heavy atom. The van der Waals surface area contributed by atoms with Crippen molar-refractivity contribution in [2.75, 3.05) is 12.4 Å². The van der Waals surface area contributed by atoms with Crippen LogP contribution in [0.3, 0.4) is 0 Å². The Bertz CT molecular complexity index is 379. The van der Waals surface area contributed by atoms with E-state index in [2.05, 4.69) is 0 Å². The van der Waals surface area contributed by atoms with Crippen molar-refractivity contribution in [3.05, 3.63) is 29.6 Å². The molecule has 0 aliphatic rings. The van der Waals surface area contributed by atoms with E-state index in [-0.39, 0.29) is 24.1 Å². The van der Waals surface area contributed by atoms with Gasteiger partial charge in [0.1, 0.15) is 5.82 Å². The highest BCUT2D eigenvalue weighted by molar-refractivity contribution is 7.99. The van der Waals surface area contributed by atoms with Crippen molar-refractivity contribution in [2.24, 2.45) is 5.92 Å². The van der Waals surface area contributed by atoms with E-state index in [4.69, 9.17) is 5.11 Å². The molecule has 1 N–H and O–H groups in total. The lowest BCUT2D eigenvalue weighted by Gasteiger charge is -2.10. The maximum Gasteiger partial charge on any atom is 0.161 e. The van der Waals surface area contributed by atoms with Gasteiger partial charge in [-0.25, -0.2) is 4.39 Å². The number of carbonyl (C=O) groups excluding carboxylic acids is 1. The first-order valence-electron chi connectivity index (χ1n) is 5.09. The Hall–Kier alpha value is -0.870. The van der Waals surface area contributed by atoms with E-state index in [9.17, 15) is 9.18 Å². The molecule has 0 aliphatic carbocycles. The Balaban J connectivity index is 2.88. The molecule has 0 spiro atoms. The summed E-state index contributed by atoms with van der Waals surface area (Å²) in [6, 6.07) is 4.50. The molecule has 16 heavy (non-hydrogen) atoms. The predicted molar refractivity (Wildman–Crippen MR) is 63.4 cm³/mol. The summed E-state index contributed by atoms with van der Waals surface area (Å²) in [5.41, 5.74) is 0.412. The van der Waals surface area contributed by atoms with Gasteiger partial charge in [-0.3, -0.25) is 4.79 Å². The van der Waals surface area contributed by atoms with Crippen molar-refractivity contribution in [1.29, 1.82) is 0 Å². The van der Waals surface area contributed by atoms with Crippen LogP contribution in [0.5, 0.6) is 0 Å². The van der Waals surface area contributed by atoms with E-state index in [0.29, 0.717) is 16.2 Å². The zero-order chi connectivity index (χ0) is 12.1. The van der Waals surface area contributed by atoms with Gasteiger partial charge in [0.15, 0.2) is 5.78 Å². The van der Waals surface area contributed by atoms with Crippen molar-refractivity contribution in [3.63, 3.8) is 0 Å². The van der Waals surface area contributed by atoms with Crippen LogP contribution in [0.4, 0.5) is 4.39 Å². The third-order valence-corrected chi connectivity index (χ3v) is 3.61. The molecular formula is C12H15FO2S. The number of thioether (sulfide) groups is 1. The largest absolute Gasteiger partial charge is 0.396 e. The molecule has 1 rings (SSSR count). The molecule has 1 aromatic rings. The smallest absolute Gasteiger partial charge is 0.161 e. The summed E-state index contributed by atoms with van der Waals surface area (Å²) < 4.78 is 13.5. The second-order valence-corrected chi connectivity index (χ2v) is 4.80. The number of carbonyl (C=O) groups is 1. The minimum Gasteiger partial charge on any atom is -0.396 e. The molecule has 0 aromatic heterocycles. The van der Waals surface area contributed by atoms with Crippen LogP contribution in [0.2, 0.25) is 0 Å². The first-order valence-corrected chi connectivity index (χ1v) is 6.08. The number of ketones is 1. The molecule has 88 valence electrons. The molecule has 0 fully saturated rings. The predicted octanol–water partition coefficient (Wildman–Crippen LogP) is 2.75. The van der Waals surface area contributed by atoms with Crippen LogP contribution in [-0.2, 0) is 0 Å². The zero-order valence-corrected chi connectivity index (χ0v) is 10.2. The van der Waals surface area contributed by atoms with E-state index >= 15 is 0 Å². The monoisotopic (exact) mass is 242 g/mol. The first kappa shape index (κ1) is 13.2. The first-order chi connectivity index (χ1) is 7.56. The summed E-state index contributed by atoms with van der Waals surface area (Å²) in [6.45, 7) is 3.37. The molecule has 0 heterocycles. The van der Waals surface area contributed by atoms with Crippen molar-refractivity contribution >= 4 is 17.5 Å². The molecule has 0 bridgehead atoms. The van der Waals surface area contributed by atoms with E-state index < -0.39 is 0 Å². The Labute approximate surface area is 98.9 Å². The lowest BCUT2D eigenvalue weighted by Crippen LogP contribution is -2.05. The van der Waals surface area contributed by atoms with Gasteiger partial charge in [0.25, 0.3) is 0 Å². The maximum absolute atomic E-state index is 13.5. The fraction of sp³-hybridized carbons (Fsp3) is 0.417. The molecule has 0 saturated carbocycles. The number of hydrogen-bond donors (Lipinski definition) is 1. The number of benzene rings is 1. The van der Waals surface area contributed by atoms with Crippen LogP contribution >= 0.6 is 11.8 Å². The number of Topliss-reactive ketones (excluding diaryl/α,β-unsaturated/α-hetero) is 1. The number of rotatable bonds is 5. The minimum atomic E-state index is -0.372. The normalized spacial score (nSPS) is 12.5. The highest BCUT2D eigenvalue weighted by Crippen LogP contribution is 2.28. The summed E-state index contributed by atoms with van der Waals surface area (Å²) >= 11 is 1.28. The van der Waals surface area contributed by atoms with Gasteiger partial charge in [0.2, 0.25) is 0 Å². The van der Waals surface area contributed by atoms with Crippen molar-refractivity contribution in [2.45, 2.75) is 18.7 Å². The molecule has 1 aromatic carbocycles. The summed E-state index contributed by atoms with van der Waals surface area (Å²) in [7, 11) is 0. The van der Waals surface area contributed by atoms with Crippen LogP contribution in [0.15, 0.2) is 23.1 Å². The second-order valence-electron chi connectivity index (χ2n) is 3.77. The van der Waals surface area contributed by atoms with Crippen LogP contribution in [0.25, 0.3) is 0 Å². The van der Waals surface area contributed by atoms with Crippen LogP contribution < -0.4 is 0 Å². The van der Waals surface area contributed by atoms with E-state index in [0.717, 1.165) is 0 Å². The number of hydrogen-bond acceptors (Lipinski definition) is 3. The fourth-order valence-electron chi connectivity index (χ4n) is 1.21. The Morgan fingerprint density at radius 2 is 2.25 bits per heavy atom. The second kappa shape index (κ2) is 6.01. The topological polar surface area (TPSA) is 37.3 Å². The zero-order valence-electron chi connectivity index (χ0n) is 9.37. The third-order valence-electron chi connectivity index (χ3n) is 2.17. The molecule has 0 saturated heterocycles. The fourth-order valence-corrected chi connectivity index (χ4v) is 2.34. The van der Waals surface area contributed by atoms with Crippen LogP contribution in [0, 0.1) is 11.7 Å². The molecule has 1 unspecified atom stereocenters. The molecule has 0 amide bonds. The summed E-state index contributed by atoms with van der Waals surface area (Å²) in [5, 5.41) is 8.89. The number of aliphatic hydroxyl groups is 1. The van der Waals surface area contributed by atoms with Crippen molar-refractivity contribution < 1.29 is 14.3 Å². The average Bonchev–Trinajstić information content (AvgIpc) is 2.26. The molecule has 1 atom stereocenters. The lowest BCUT2D eigenvalue weighted by atomic mass is 10.1. The highest BCUT2D eigenvalue weighted by atomic mass is 32.2. The molecule has 4 heteroatoms. The summed E-state index contributed by atoms with van der Waals surface area (Å²) in [5.74, 6) is 0.170. The van der Waals surface area contributed by atoms with Gasteiger partial charge < -0.3 is 5.11 Å². The standard InChI is InChI=1S/C12H15FO2S/c1-8(6-14)7-16-12-10(9(2)15)4-3-5-11(12)13/h3-5,8,14H,6-7H2,1-2H3. The van der Waals surface area contributed by atoms with E-state index in [1.165, 1.54) is 30.8 Å². The van der Waals surface area contributed by atoms with Gasteiger partial charge in [0.05, 0.1) is 4.90 Å². The summed E-state index contributed by atoms with van der Waals surface area (Å²) in [6.07, 6.45) is 0. The van der Waals surface area contributed by atoms with Gasteiger partial charge in [-0.15, -0.1) is 11.8 Å². The molecular weight excluding hydrogens is 227 g/mol. The SMILES string of the molecule is CC(=O)c1cccc(F)c1SCC(C)CO. The highest BCUT2D eigenvalue weighted by Gasteiger charge is 2.13. The average molecular weight is 242 g/mol.